The van der Waals surface area contributed by atoms with E-state index in [4.69, 9.17) is 9.47 Å². The molecule has 30 heavy (non-hydrogen) atoms. The largest absolute Gasteiger partial charge is 0.486 e. The Hall–Kier alpha value is -2.54. The lowest BCUT2D eigenvalue weighted by Gasteiger charge is -2.25. The van der Waals surface area contributed by atoms with Crippen LogP contribution in [-0.2, 0) is 15.7 Å². The molecule has 0 spiro atoms. The zero-order valence-corrected chi connectivity index (χ0v) is 17.7. The summed E-state index contributed by atoms with van der Waals surface area (Å²) in [5.74, 6) is 0.0385. The molecule has 0 N–H and O–H groups in total. The van der Waals surface area contributed by atoms with E-state index in [1.807, 2.05) is 63.1 Å². The van der Waals surface area contributed by atoms with Crippen LogP contribution in [-0.4, -0.2) is 36.6 Å². The SMILES string of the molecule is CN(CCC(Oc1ccc(C(F)(F)F)cc1)c1ccccc1)CC(=O)OC(C)(C)C. The van der Waals surface area contributed by atoms with Crippen molar-refractivity contribution in [3.05, 3.63) is 65.7 Å². The lowest BCUT2D eigenvalue weighted by Crippen LogP contribution is -2.33. The van der Waals surface area contributed by atoms with Crippen molar-refractivity contribution < 1.29 is 27.4 Å². The quantitative estimate of drug-likeness (QED) is 0.527. The van der Waals surface area contributed by atoms with Gasteiger partial charge >= 0.3 is 12.1 Å². The summed E-state index contributed by atoms with van der Waals surface area (Å²) >= 11 is 0. The molecule has 2 rings (SSSR count). The van der Waals surface area contributed by atoms with Crippen LogP contribution in [0.15, 0.2) is 54.6 Å². The van der Waals surface area contributed by atoms with Gasteiger partial charge in [0.2, 0.25) is 0 Å². The number of rotatable bonds is 8. The average Bonchev–Trinajstić information content (AvgIpc) is 2.64. The molecular formula is C23H28F3NO3. The molecule has 0 heterocycles. The van der Waals surface area contributed by atoms with Gasteiger partial charge in [-0.1, -0.05) is 30.3 Å². The van der Waals surface area contributed by atoms with Crippen LogP contribution in [0.2, 0.25) is 0 Å². The number of carbonyl (C=O) groups excluding carboxylic acids is 1. The number of hydrogen-bond acceptors (Lipinski definition) is 4. The van der Waals surface area contributed by atoms with E-state index >= 15 is 0 Å². The second-order valence-corrected chi connectivity index (χ2v) is 8.15. The van der Waals surface area contributed by atoms with Crippen molar-refractivity contribution in [2.24, 2.45) is 0 Å². The van der Waals surface area contributed by atoms with Crippen molar-refractivity contribution in [2.45, 2.75) is 45.1 Å². The molecule has 0 amide bonds. The van der Waals surface area contributed by atoms with Crippen LogP contribution in [0.4, 0.5) is 13.2 Å². The third-order valence-electron chi connectivity index (χ3n) is 4.22. The van der Waals surface area contributed by atoms with Crippen molar-refractivity contribution in [2.75, 3.05) is 20.1 Å². The summed E-state index contributed by atoms with van der Waals surface area (Å²) in [6, 6.07) is 14.1. The molecule has 1 atom stereocenters. The third-order valence-corrected chi connectivity index (χ3v) is 4.22. The van der Waals surface area contributed by atoms with E-state index in [0.717, 1.165) is 17.7 Å². The van der Waals surface area contributed by atoms with Gasteiger partial charge < -0.3 is 9.47 Å². The second kappa shape index (κ2) is 9.98. The molecule has 2 aromatic rings. The number of likely N-dealkylation sites (N-methyl/N-ethyl adjacent to an activating group) is 1. The minimum absolute atomic E-state index is 0.138. The average molecular weight is 423 g/mol. The van der Waals surface area contributed by atoms with Gasteiger partial charge in [-0.3, -0.25) is 9.69 Å². The molecule has 1 unspecified atom stereocenters. The number of carbonyl (C=O) groups is 1. The Morgan fingerprint density at radius 2 is 1.60 bits per heavy atom. The summed E-state index contributed by atoms with van der Waals surface area (Å²) < 4.78 is 49.7. The van der Waals surface area contributed by atoms with Crippen molar-refractivity contribution in [3.63, 3.8) is 0 Å². The fourth-order valence-electron chi connectivity index (χ4n) is 2.86. The third kappa shape index (κ3) is 8.06. The summed E-state index contributed by atoms with van der Waals surface area (Å²) in [7, 11) is 1.81. The van der Waals surface area contributed by atoms with E-state index in [2.05, 4.69) is 0 Å². The van der Waals surface area contributed by atoms with Crippen LogP contribution in [0.1, 0.15) is 44.4 Å². The molecule has 0 fully saturated rings. The number of hydrogen-bond donors (Lipinski definition) is 0. The van der Waals surface area contributed by atoms with Crippen molar-refractivity contribution in [1.82, 2.24) is 4.90 Å². The number of benzene rings is 2. The molecule has 0 aromatic heterocycles. The van der Waals surface area contributed by atoms with Gasteiger partial charge in [0.25, 0.3) is 0 Å². The first-order valence-corrected chi connectivity index (χ1v) is 9.73. The monoisotopic (exact) mass is 423 g/mol. The van der Waals surface area contributed by atoms with E-state index < -0.39 is 17.3 Å². The van der Waals surface area contributed by atoms with Crippen LogP contribution >= 0.6 is 0 Å². The highest BCUT2D eigenvalue weighted by molar-refractivity contribution is 5.72. The van der Waals surface area contributed by atoms with Crippen LogP contribution in [0.3, 0.4) is 0 Å². The second-order valence-electron chi connectivity index (χ2n) is 8.15. The highest BCUT2D eigenvalue weighted by atomic mass is 19.4. The molecule has 0 aliphatic heterocycles. The zero-order valence-electron chi connectivity index (χ0n) is 17.7. The van der Waals surface area contributed by atoms with Crippen molar-refractivity contribution >= 4 is 5.97 Å². The smallest absolute Gasteiger partial charge is 0.416 e. The molecule has 164 valence electrons. The Bertz CT molecular complexity index is 799. The Morgan fingerprint density at radius 1 is 1.00 bits per heavy atom. The van der Waals surface area contributed by atoms with Gasteiger partial charge in [-0.15, -0.1) is 0 Å². The van der Waals surface area contributed by atoms with Gasteiger partial charge in [-0.25, -0.2) is 0 Å². The van der Waals surface area contributed by atoms with Crippen LogP contribution in [0.25, 0.3) is 0 Å². The first kappa shape index (κ1) is 23.7. The molecule has 0 saturated carbocycles. The fraction of sp³-hybridized carbons (Fsp3) is 0.435. The normalized spacial score (nSPS) is 13.2. The summed E-state index contributed by atoms with van der Waals surface area (Å²) in [4.78, 5) is 13.8. The molecule has 0 bridgehead atoms. The zero-order chi connectivity index (χ0) is 22.4. The molecule has 0 radical (unpaired) electrons. The fourth-order valence-corrected chi connectivity index (χ4v) is 2.86. The summed E-state index contributed by atoms with van der Waals surface area (Å²) in [5.41, 5.74) is -0.359. The Kier molecular flexibility index (Phi) is 7.89. The molecule has 0 aliphatic carbocycles. The lowest BCUT2D eigenvalue weighted by atomic mass is 10.1. The number of alkyl halides is 3. The minimum Gasteiger partial charge on any atom is -0.486 e. The number of ether oxygens (including phenoxy) is 2. The maximum Gasteiger partial charge on any atom is 0.416 e. The first-order chi connectivity index (χ1) is 13.9. The molecular weight excluding hydrogens is 395 g/mol. The van der Waals surface area contributed by atoms with E-state index in [9.17, 15) is 18.0 Å². The Morgan fingerprint density at radius 3 is 2.13 bits per heavy atom. The highest BCUT2D eigenvalue weighted by Gasteiger charge is 2.30. The van der Waals surface area contributed by atoms with Crippen molar-refractivity contribution in [1.29, 1.82) is 0 Å². The Balaban J connectivity index is 2.03. The van der Waals surface area contributed by atoms with Gasteiger partial charge in [-0.05, 0) is 57.6 Å². The van der Waals surface area contributed by atoms with E-state index in [-0.39, 0.29) is 18.6 Å². The van der Waals surface area contributed by atoms with Gasteiger partial charge in [0.05, 0.1) is 12.1 Å². The minimum atomic E-state index is -4.39. The van der Waals surface area contributed by atoms with Gasteiger partial charge in [0, 0.05) is 13.0 Å². The number of nitrogens with zero attached hydrogens (tertiary/aromatic N) is 1. The highest BCUT2D eigenvalue weighted by Crippen LogP contribution is 2.32. The number of esters is 1. The van der Waals surface area contributed by atoms with E-state index in [1.54, 1.807) is 0 Å². The molecule has 7 heteroatoms. The lowest BCUT2D eigenvalue weighted by molar-refractivity contribution is -0.155. The van der Waals surface area contributed by atoms with Gasteiger partial charge in [0.15, 0.2) is 0 Å². The van der Waals surface area contributed by atoms with Gasteiger partial charge in [0.1, 0.15) is 17.5 Å². The van der Waals surface area contributed by atoms with E-state index in [1.165, 1.54) is 12.1 Å². The van der Waals surface area contributed by atoms with Crippen molar-refractivity contribution in [3.8, 4) is 5.75 Å². The molecule has 2 aromatic carbocycles. The summed E-state index contributed by atoms with van der Waals surface area (Å²) in [6.45, 7) is 6.12. The maximum atomic E-state index is 12.8. The number of halogens is 3. The predicted octanol–water partition coefficient (Wildman–Crippen LogP) is 5.49. The summed E-state index contributed by atoms with van der Waals surface area (Å²) in [6.07, 6.45) is -4.21. The molecule has 0 saturated heterocycles. The standard InChI is InChI=1S/C23H28F3NO3/c1-22(2,3)30-21(28)16-27(4)15-14-20(17-8-6-5-7-9-17)29-19-12-10-18(11-13-19)23(24,25)26/h5-13,20H,14-16H2,1-4H3. The first-order valence-electron chi connectivity index (χ1n) is 9.73. The topological polar surface area (TPSA) is 38.8 Å². The van der Waals surface area contributed by atoms with E-state index in [0.29, 0.717) is 18.7 Å². The molecule has 4 nitrogen and oxygen atoms in total. The van der Waals surface area contributed by atoms with Crippen LogP contribution < -0.4 is 4.74 Å². The van der Waals surface area contributed by atoms with Crippen LogP contribution in [0.5, 0.6) is 5.75 Å². The van der Waals surface area contributed by atoms with Crippen LogP contribution in [0, 0.1) is 0 Å². The summed E-state index contributed by atoms with van der Waals surface area (Å²) in [5, 5.41) is 0. The molecule has 0 aliphatic rings. The van der Waals surface area contributed by atoms with Gasteiger partial charge in [-0.2, -0.15) is 13.2 Å². The predicted molar refractivity (Wildman–Crippen MR) is 109 cm³/mol. The maximum absolute atomic E-state index is 12.8. The Labute approximate surface area is 175 Å².